The maximum atomic E-state index is 12.2. The second-order valence-electron chi connectivity index (χ2n) is 4.61. The summed E-state index contributed by atoms with van der Waals surface area (Å²) in [7, 11) is -2.11. The first kappa shape index (κ1) is 16.2. The van der Waals surface area contributed by atoms with E-state index in [1.807, 2.05) is 0 Å². The summed E-state index contributed by atoms with van der Waals surface area (Å²) >= 11 is 0. The van der Waals surface area contributed by atoms with Gasteiger partial charge in [0.2, 0.25) is 10.0 Å². The Labute approximate surface area is 128 Å². The van der Waals surface area contributed by atoms with Crippen LogP contribution in [0.15, 0.2) is 46.2 Å². The molecule has 0 bridgehead atoms. The Bertz CT molecular complexity index is 815. The quantitative estimate of drug-likeness (QED) is 0.838. The van der Waals surface area contributed by atoms with Crippen molar-refractivity contribution in [1.82, 2.24) is 14.5 Å². The zero-order valence-corrected chi connectivity index (χ0v) is 13.1. The maximum absolute atomic E-state index is 12.2. The number of nitrogens with one attached hydrogen (secondary N) is 1. The number of benzene rings is 1. The fourth-order valence-corrected chi connectivity index (χ4v) is 3.05. The van der Waals surface area contributed by atoms with Gasteiger partial charge in [0.1, 0.15) is 5.75 Å². The number of aryl methyl sites for hydroxylation is 1. The third-order valence-electron chi connectivity index (χ3n) is 3.08. The van der Waals surface area contributed by atoms with E-state index in [2.05, 4.69) is 9.82 Å². The van der Waals surface area contributed by atoms with Crippen molar-refractivity contribution in [2.45, 2.75) is 18.4 Å². The van der Waals surface area contributed by atoms with E-state index in [4.69, 9.17) is 4.74 Å². The molecule has 0 aliphatic heterocycles. The Balaban J connectivity index is 2.07. The van der Waals surface area contributed by atoms with Crippen LogP contribution in [0.5, 0.6) is 5.75 Å². The third kappa shape index (κ3) is 3.71. The Kier molecular flexibility index (Phi) is 4.94. The van der Waals surface area contributed by atoms with Gasteiger partial charge in [-0.3, -0.25) is 4.79 Å². The second-order valence-corrected chi connectivity index (χ2v) is 6.38. The fourth-order valence-electron chi connectivity index (χ4n) is 1.94. The van der Waals surface area contributed by atoms with Crippen LogP contribution >= 0.6 is 0 Å². The van der Waals surface area contributed by atoms with E-state index in [0.717, 1.165) is 5.56 Å². The standard InChI is InChI=1S/C14H17N3O4S/c1-11-10-12(5-6-13(11)21-2)22(19,20)16-8-9-17-14(18)4-3-7-15-17/h3-7,10,16H,8-9H2,1-2H3. The van der Waals surface area contributed by atoms with E-state index < -0.39 is 10.0 Å². The molecule has 7 nitrogen and oxygen atoms in total. The lowest BCUT2D eigenvalue weighted by molar-refractivity contribution is 0.411. The fraction of sp³-hybridized carbons (Fsp3) is 0.286. The highest BCUT2D eigenvalue weighted by Gasteiger charge is 2.15. The average molecular weight is 323 g/mol. The number of hydrogen-bond donors (Lipinski definition) is 1. The van der Waals surface area contributed by atoms with Crippen molar-refractivity contribution >= 4 is 10.0 Å². The van der Waals surface area contributed by atoms with Gasteiger partial charge in [0.15, 0.2) is 0 Å². The largest absolute Gasteiger partial charge is 0.496 e. The second kappa shape index (κ2) is 6.71. The van der Waals surface area contributed by atoms with E-state index in [9.17, 15) is 13.2 Å². The number of methoxy groups -OCH3 is 1. The normalized spacial score (nSPS) is 11.4. The van der Waals surface area contributed by atoms with Gasteiger partial charge < -0.3 is 4.74 Å². The van der Waals surface area contributed by atoms with Gasteiger partial charge >= 0.3 is 0 Å². The van der Waals surface area contributed by atoms with Crippen LogP contribution in [0.3, 0.4) is 0 Å². The van der Waals surface area contributed by atoms with Gasteiger partial charge in [-0.05, 0) is 36.8 Å². The van der Waals surface area contributed by atoms with E-state index in [-0.39, 0.29) is 23.5 Å². The van der Waals surface area contributed by atoms with Gasteiger partial charge in [-0.1, -0.05) is 0 Å². The molecule has 1 heterocycles. The summed E-state index contributed by atoms with van der Waals surface area (Å²) in [6, 6.07) is 7.51. The topological polar surface area (TPSA) is 90.3 Å². The summed E-state index contributed by atoms with van der Waals surface area (Å²) in [5.41, 5.74) is 0.452. The van der Waals surface area contributed by atoms with Crippen LogP contribution in [-0.2, 0) is 16.6 Å². The average Bonchev–Trinajstić information content (AvgIpc) is 2.49. The number of ether oxygens (including phenoxy) is 1. The number of rotatable bonds is 6. The molecule has 0 saturated carbocycles. The summed E-state index contributed by atoms with van der Waals surface area (Å²) in [6.07, 6.45) is 1.47. The molecule has 2 aromatic rings. The van der Waals surface area contributed by atoms with E-state index in [0.29, 0.717) is 5.75 Å². The van der Waals surface area contributed by atoms with Crippen LogP contribution in [0.25, 0.3) is 0 Å². The van der Waals surface area contributed by atoms with Crippen LogP contribution in [0, 0.1) is 6.92 Å². The molecule has 0 fully saturated rings. The molecule has 0 atom stereocenters. The molecule has 2 rings (SSSR count). The van der Waals surface area contributed by atoms with Gasteiger partial charge in [0, 0.05) is 18.8 Å². The Morgan fingerprint density at radius 3 is 2.73 bits per heavy atom. The van der Waals surface area contributed by atoms with Gasteiger partial charge in [0.05, 0.1) is 18.6 Å². The molecule has 1 aromatic heterocycles. The van der Waals surface area contributed by atoms with Gasteiger partial charge in [-0.15, -0.1) is 0 Å². The first-order valence-corrected chi connectivity index (χ1v) is 8.09. The molecule has 0 spiro atoms. The minimum absolute atomic E-state index is 0.0737. The van der Waals surface area contributed by atoms with Crippen molar-refractivity contribution in [3.63, 3.8) is 0 Å². The monoisotopic (exact) mass is 323 g/mol. The van der Waals surface area contributed by atoms with Crippen molar-refractivity contribution < 1.29 is 13.2 Å². The molecule has 0 amide bonds. The molecule has 0 aliphatic carbocycles. The lowest BCUT2D eigenvalue weighted by atomic mass is 10.2. The lowest BCUT2D eigenvalue weighted by Crippen LogP contribution is -2.31. The molecule has 0 saturated heterocycles. The van der Waals surface area contributed by atoms with Crippen LogP contribution in [0.4, 0.5) is 0 Å². The van der Waals surface area contributed by atoms with Crippen LogP contribution in [-0.4, -0.2) is 31.9 Å². The SMILES string of the molecule is COc1ccc(S(=O)(=O)NCCn2ncccc2=O)cc1C. The molecular weight excluding hydrogens is 306 g/mol. The van der Waals surface area contributed by atoms with Crippen molar-refractivity contribution in [1.29, 1.82) is 0 Å². The number of sulfonamides is 1. The number of nitrogens with zero attached hydrogens (tertiary/aromatic N) is 2. The molecule has 0 unspecified atom stereocenters. The summed E-state index contributed by atoms with van der Waals surface area (Å²) in [5, 5.41) is 3.86. The first-order chi connectivity index (χ1) is 10.4. The molecule has 22 heavy (non-hydrogen) atoms. The Hall–Kier alpha value is -2.19. The molecule has 1 aromatic carbocycles. The summed E-state index contributed by atoms with van der Waals surface area (Å²) in [6.45, 7) is 2.00. The predicted octanol–water partition coefficient (Wildman–Crippen LogP) is 0.539. The number of aromatic nitrogens is 2. The number of hydrogen-bond acceptors (Lipinski definition) is 5. The predicted molar refractivity (Wildman–Crippen MR) is 81.4 cm³/mol. The van der Waals surface area contributed by atoms with Crippen LogP contribution in [0.2, 0.25) is 0 Å². The molecule has 8 heteroatoms. The van der Waals surface area contributed by atoms with Crippen molar-refractivity contribution in [3.8, 4) is 5.75 Å². The van der Waals surface area contributed by atoms with Crippen molar-refractivity contribution in [3.05, 3.63) is 52.4 Å². The third-order valence-corrected chi connectivity index (χ3v) is 4.54. The molecule has 1 N–H and O–H groups in total. The highest BCUT2D eigenvalue weighted by Crippen LogP contribution is 2.21. The zero-order valence-electron chi connectivity index (χ0n) is 12.3. The Morgan fingerprint density at radius 2 is 2.09 bits per heavy atom. The Morgan fingerprint density at radius 1 is 1.32 bits per heavy atom. The smallest absolute Gasteiger partial charge is 0.266 e. The minimum atomic E-state index is -3.64. The highest BCUT2D eigenvalue weighted by molar-refractivity contribution is 7.89. The maximum Gasteiger partial charge on any atom is 0.266 e. The summed E-state index contributed by atoms with van der Waals surface area (Å²) in [5.74, 6) is 0.624. The van der Waals surface area contributed by atoms with Crippen molar-refractivity contribution in [2.24, 2.45) is 0 Å². The van der Waals surface area contributed by atoms with Crippen molar-refractivity contribution in [2.75, 3.05) is 13.7 Å². The minimum Gasteiger partial charge on any atom is -0.496 e. The van der Waals surface area contributed by atoms with E-state index >= 15 is 0 Å². The summed E-state index contributed by atoms with van der Waals surface area (Å²) < 4.78 is 33.1. The molecule has 0 aliphatic rings. The lowest BCUT2D eigenvalue weighted by Gasteiger charge is -2.10. The van der Waals surface area contributed by atoms with Crippen LogP contribution < -0.4 is 15.0 Å². The summed E-state index contributed by atoms with van der Waals surface area (Å²) in [4.78, 5) is 11.6. The van der Waals surface area contributed by atoms with E-state index in [1.54, 1.807) is 13.0 Å². The zero-order chi connectivity index (χ0) is 16.2. The van der Waals surface area contributed by atoms with Gasteiger partial charge in [-0.25, -0.2) is 17.8 Å². The molecule has 118 valence electrons. The van der Waals surface area contributed by atoms with E-state index in [1.165, 1.54) is 42.3 Å². The molecular formula is C14H17N3O4S. The van der Waals surface area contributed by atoms with Gasteiger partial charge in [-0.2, -0.15) is 5.10 Å². The molecule has 0 radical (unpaired) electrons. The van der Waals surface area contributed by atoms with Gasteiger partial charge in [0.25, 0.3) is 5.56 Å². The highest BCUT2D eigenvalue weighted by atomic mass is 32.2. The first-order valence-electron chi connectivity index (χ1n) is 6.60. The van der Waals surface area contributed by atoms with Crippen LogP contribution in [0.1, 0.15) is 5.56 Å².